The molecule has 0 bridgehead atoms. The van der Waals surface area contributed by atoms with Crippen LogP contribution in [0, 0.1) is 0 Å². The predicted octanol–water partition coefficient (Wildman–Crippen LogP) is -0.161. The van der Waals surface area contributed by atoms with E-state index in [9.17, 15) is 13.2 Å². The van der Waals surface area contributed by atoms with Gasteiger partial charge in [-0.3, -0.25) is 0 Å². The van der Waals surface area contributed by atoms with Crippen LogP contribution in [0.4, 0.5) is 0 Å². The molecule has 1 aromatic heterocycles. The van der Waals surface area contributed by atoms with Gasteiger partial charge in [-0.2, -0.15) is 4.31 Å². The average molecular weight is 296 g/mol. The summed E-state index contributed by atoms with van der Waals surface area (Å²) in [4.78, 5) is 16.6. The number of nitrogens with one attached hydrogen (secondary N) is 3. The Kier molecular flexibility index (Phi) is 3.15. The summed E-state index contributed by atoms with van der Waals surface area (Å²) in [5.41, 5.74) is 0.757. The van der Waals surface area contributed by atoms with Crippen LogP contribution in [0.3, 0.4) is 0 Å². The quantitative estimate of drug-likeness (QED) is 0.717. The van der Waals surface area contributed by atoms with Crippen molar-refractivity contribution in [1.29, 1.82) is 0 Å². The van der Waals surface area contributed by atoms with Crippen LogP contribution in [0.25, 0.3) is 11.0 Å². The van der Waals surface area contributed by atoms with E-state index >= 15 is 0 Å². The molecule has 2 heterocycles. The zero-order chi connectivity index (χ0) is 14.3. The highest BCUT2D eigenvalue weighted by Crippen LogP contribution is 2.20. The van der Waals surface area contributed by atoms with Crippen molar-refractivity contribution in [3.8, 4) is 0 Å². The fourth-order valence-electron chi connectivity index (χ4n) is 2.44. The number of piperazine rings is 1. The topological polar surface area (TPSA) is 98.1 Å². The highest BCUT2D eigenvalue weighted by molar-refractivity contribution is 7.89. The van der Waals surface area contributed by atoms with Crippen molar-refractivity contribution in [2.75, 3.05) is 19.6 Å². The van der Waals surface area contributed by atoms with Gasteiger partial charge in [0.25, 0.3) is 0 Å². The van der Waals surface area contributed by atoms with Crippen LogP contribution in [0.15, 0.2) is 27.9 Å². The van der Waals surface area contributed by atoms with E-state index in [1.165, 1.54) is 16.4 Å². The maximum absolute atomic E-state index is 12.6. The Morgan fingerprint density at radius 3 is 2.75 bits per heavy atom. The molecule has 1 aromatic carbocycles. The zero-order valence-electron chi connectivity index (χ0n) is 11.0. The van der Waals surface area contributed by atoms with E-state index in [2.05, 4.69) is 15.3 Å². The number of H-pyrrole nitrogens is 2. The highest BCUT2D eigenvalue weighted by atomic mass is 32.2. The summed E-state index contributed by atoms with van der Waals surface area (Å²) in [6.45, 7) is 3.50. The van der Waals surface area contributed by atoms with Crippen molar-refractivity contribution in [3.05, 3.63) is 28.7 Å². The summed E-state index contributed by atoms with van der Waals surface area (Å²) >= 11 is 0. The number of aromatic nitrogens is 2. The minimum atomic E-state index is -3.52. The standard InChI is InChI=1S/C12H16N4O3S/c1-8-7-16(5-4-13-8)20(18,19)9-2-3-10-11(6-9)15-12(17)14-10/h2-3,6,8,13H,4-5,7H2,1H3,(H2,14,15,17)/t8-/m0/s1. The number of aromatic amines is 2. The van der Waals surface area contributed by atoms with E-state index in [0.717, 1.165) is 0 Å². The molecule has 0 spiro atoms. The lowest BCUT2D eigenvalue weighted by atomic mass is 10.3. The van der Waals surface area contributed by atoms with Gasteiger partial charge < -0.3 is 15.3 Å². The van der Waals surface area contributed by atoms with Gasteiger partial charge in [-0.05, 0) is 25.1 Å². The molecule has 1 saturated heterocycles. The van der Waals surface area contributed by atoms with Gasteiger partial charge in [-0.15, -0.1) is 0 Å². The van der Waals surface area contributed by atoms with Crippen molar-refractivity contribution in [3.63, 3.8) is 0 Å². The third-order valence-corrected chi connectivity index (χ3v) is 5.32. The van der Waals surface area contributed by atoms with Crippen LogP contribution in [-0.2, 0) is 10.0 Å². The Balaban J connectivity index is 2.01. The summed E-state index contributed by atoms with van der Waals surface area (Å²) in [7, 11) is -3.52. The van der Waals surface area contributed by atoms with Crippen molar-refractivity contribution in [2.45, 2.75) is 17.9 Å². The van der Waals surface area contributed by atoms with E-state index in [1.54, 1.807) is 6.07 Å². The molecule has 1 aliphatic heterocycles. The van der Waals surface area contributed by atoms with Crippen molar-refractivity contribution >= 4 is 21.1 Å². The molecular weight excluding hydrogens is 280 g/mol. The molecule has 108 valence electrons. The van der Waals surface area contributed by atoms with Gasteiger partial charge in [-0.1, -0.05) is 0 Å². The number of rotatable bonds is 2. The third kappa shape index (κ3) is 2.26. The molecular formula is C12H16N4O3S. The van der Waals surface area contributed by atoms with Crippen LogP contribution in [0.5, 0.6) is 0 Å². The van der Waals surface area contributed by atoms with E-state index in [0.29, 0.717) is 30.7 Å². The Morgan fingerprint density at radius 2 is 2.00 bits per heavy atom. The molecule has 0 radical (unpaired) electrons. The fourth-order valence-corrected chi connectivity index (χ4v) is 3.99. The number of hydrogen-bond acceptors (Lipinski definition) is 4. The van der Waals surface area contributed by atoms with Crippen LogP contribution in [0.1, 0.15) is 6.92 Å². The Labute approximate surface area is 116 Å². The molecule has 1 atom stereocenters. The highest BCUT2D eigenvalue weighted by Gasteiger charge is 2.28. The molecule has 3 N–H and O–H groups in total. The molecule has 20 heavy (non-hydrogen) atoms. The first-order valence-corrected chi connectivity index (χ1v) is 7.86. The number of sulfonamides is 1. The normalized spacial score (nSPS) is 21.4. The predicted molar refractivity (Wildman–Crippen MR) is 75.1 cm³/mol. The van der Waals surface area contributed by atoms with Gasteiger partial charge in [0, 0.05) is 25.7 Å². The lowest BCUT2D eigenvalue weighted by Gasteiger charge is -2.30. The molecule has 3 rings (SSSR count). The lowest BCUT2D eigenvalue weighted by molar-refractivity contribution is 0.310. The van der Waals surface area contributed by atoms with Gasteiger partial charge in [0.15, 0.2) is 0 Å². The van der Waals surface area contributed by atoms with Crippen LogP contribution >= 0.6 is 0 Å². The summed E-state index contributed by atoms with van der Waals surface area (Å²) in [6, 6.07) is 4.75. The Hall–Kier alpha value is -1.64. The molecule has 0 aliphatic carbocycles. The zero-order valence-corrected chi connectivity index (χ0v) is 11.8. The van der Waals surface area contributed by atoms with Crippen LogP contribution in [0.2, 0.25) is 0 Å². The van der Waals surface area contributed by atoms with E-state index in [4.69, 9.17) is 0 Å². The summed E-state index contributed by atoms with van der Waals surface area (Å²) in [5, 5.41) is 3.21. The molecule has 0 saturated carbocycles. The Morgan fingerprint density at radius 1 is 1.25 bits per heavy atom. The molecule has 0 unspecified atom stereocenters. The largest absolute Gasteiger partial charge is 0.323 e. The third-order valence-electron chi connectivity index (χ3n) is 3.46. The van der Waals surface area contributed by atoms with Crippen LogP contribution in [-0.4, -0.2) is 48.4 Å². The number of imidazole rings is 1. The minimum Gasteiger partial charge on any atom is -0.312 e. The van der Waals surface area contributed by atoms with E-state index < -0.39 is 10.0 Å². The summed E-state index contributed by atoms with van der Waals surface area (Å²) in [5.74, 6) is 0. The van der Waals surface area contributed by atoms with Crippen LogP contribution < -0.4 is 11.0 Å². The second-order valence-electron chi connectivity index (χ2n) is 5.00. The monoisotopic (exact) mass is 296 g/mol. The fraction of sp³-hybridized carbons (Fsp3) is 0.417. The second-order valence-corrected chi connectivity index (χ2v) is 6.94. The first-order valence-electron chi connectivity index (χ1n) is 6.42. The van der Waals surface area contributed by atoms with Gasteiger partial charge in [0.2, 0.25) is 10.0 Å². The van der Waals surface area contributed by atoms with Gasteiger partial charge in [0.05, 0.1) is 15.9 Å². The average Bonchev–Trinajstić information content (AvgIpc) is 2.77. The Bertz CT molecular complexity index is 792. The minimum absolute atomic E-state index is 0.134. The molecule has 1 aliphatic rings. The van der Waals surface area contributed by atoms with E-state index in [-0.39, 0.29) is 16.6 Å². The first kappa shape index (κ1) is 13.3. The van der Waals surface area contributed by atoms with Gasteiger partial charge >= 0.3 is 5.69 Å². The molecule has 7 nitrogen and oxygen atoms in total. The van der Waals surface area contributed by atoms with E-state index in [1.807, 2.05) is 6.92 Å². The van der Waals surface area contributed by atoms with Crippen molar-refractivity contribution in [1.82, 2.24) is 19.6 Å². The second kappa shape index (κ2) is 4.72. The number of benzene rings is 1. The maximum Gasteiger partial charge on any atom is 0.323 e. The first-order chi connectivity index (χ1) is 9.46. The number of fused-ring (bicyclic) bond motifs is 1. The summed E-state index contributed by atoms with van der Waals surface area (Å²) in [6.07, 6.45) is 0. The molecule has 0 amide bonds. The molecule has 1 fully saturated rings. The number of nitrogens with zero attached hydrogens (tertiary/aromatic N) is 1. The van der Waals surface area contributed by atoms with Gasteiger partial charge in [-0.25, -0.2) is 13.2 Å². The van der Waals surface area contributed by atoms with Crippen molar-refractivity contribution < 1.29 is 8.42 Å². The maximum atomic E-state index is 12.6. The number of hydrogen-bond donors (Lipinski definition) is 3. The van der Waals surface area contributed by atoms with Gasteiger partial charge in [0.1, 0.15) is 0 Å². The summed E-state index contributed by atoms with van der Waals surface area (Å²) < 4.78 is 26.6. The van der Waals surface area contributed by atoms with Crippen molar-refractivity contribution in [2.24, 2.45) is 0 Å². The SMILES string of the molecule is C[C@H]1CN(S(=O)(=O)c2ccc3[nH]c(=O)[nH]c3c2)CCN1. The lowest BCUT2D eigenvalue weighted by Crippen LogP contribution is -2.51. The molecule has 8 heteroatoms. The molecule has 2 aromatic rings. The smallest absolute Gasteiger partial charge is 0.312 e.